The van der Waals surface area contributed by atoms with E-state index in [1.807, 2.05) is 0 Å². The van der Waals surface area contributed by atoms with Crippen LogP contribution >= 0.6 is 0 Å². The lowest BCUT2D eigenvalue weighted by Crippen LogP contribution is -2.92. The van der Waals surface area contributed by atoms with Crippen LogP contribution in [-0.4, -0.2) is 333 Å². The molecule has 14 fully saturated rings. The second-order valence-electron chi connectivity index (χ2n) is 38.8. The molecule has 0 amide bonds. The van der Waals surface area contributed by atoms with Crippen LogP contribution in [0.5, 0.6) is 0 Å². The first-order chi connectivity index (χ1) is 54.8. The third-order valence-corrected chi connectivity index (χ3v) is 89.9. The highest BCUT2D eigenvalue weighted by atomic mass is 28.7. The average Bonchev–Trinajstić information content (AvgIpc) is 1.57. The van der Waals surface area contributed by atoms with Gasteiger partial charge >= 0.3 is 71.7 Å². The van der Waals surface area contributed by atoms with Crippen molar-refractivity contribution >= 4 is 138 Å². The van der Waals surface area contributed by atoms with Gasteiger partial charge in [-0.3, -0.25) is 0 Å². The van der Waals surface area contributed by atoms with Crippen LogP contribution in [-0.2, 0) is 145 Å². The fraction of sp³-hybridized carbons (Fsp3) is 1.00. The Morgan fingerprint density at radius 1 is 0.241 bits per heavy atom. The molecule has 1 aliphatic carbocycles. The third kappa shape index (κ3) is 32.4. The molecule has 13 aliphatic heterocycles. The van der Waals surface area contributed by atoms with Gasteiger partial charge in [0.25, 0.3) is 0 Å². The summed E-state index contributed by atoms with van der Waals surface area (Å²) in [7, 11) is -68.0. The van der Waals surface area contributed by atoms with Gasteiger partial charge in [-0.1, -0.05) is 19.1 Å². The smallest absolute Gasteiger partial charge is 0.416 e. The molecule has 0 aromatic rings. The molecular formula is C67H142O33Si16. The lowest BCUT2D eigenvalue weighted by Gasteiger charge is -2.62. The molecule has 0 N–H and O–H groups in total. The molecule has 14 aliphatic rings. The fourth-order valence-corrected chi connectivity index (χ4v) is 98.9. The van der Waals surface area contributed by atoms with Crippen LogP contribution in [0.2, 0.25) is 164 Å². The highest BCUT2D eigenvalue weighted by molar-refractivity contribution is 7.08. The number of hydrogen-bond acceptors (Lipinski definition) is 33. The molecule has 0 spiro atoms. The lowest BCUT2D eigenvalue weighted by molar-refractivity contribution is -0.0912. The molecule has 116 heavy (non-hydrogen) atoms. The van der Waals surface area contributed by atoms with Gasteiger partial charge in [0, 0.05) is 65.1 Å². The van der Waals surface area contributed by atoms with Crippen LogP contribution in [0.15, 0.2) is 0 Å². The molecule has 15 atom stereocenters. The molecule has 13 saturated heterocycles. The van der Waals surface area contributed by atoms with Crippen LogP contribution in [0, 0.1) is 5.92 Å². The van der Waals surface area contributed by atoms with Gasteiger partial charge in [0.15, 0.2) is 58.2 Å². The Balaban J connectivity index is 1.03. The van der Waals surface area contributed by atoms with E-state index in [1.165, 1.54) is 12.8 Å². The largest absolute Gasteiger partial charge is 0.651 e. The minimum absolute atomic E-state index is 0.0764. The average molecular weight is 1930 g/mol. The van der Waals surface area contributed by atoms with Crippen LogP contribution in [0.3, 0.4) is 0 Å². The molecule has 49 heteroatoms. The minimum Gasteiger partial charge on any atom is -0.416 e. The quantitative estimate of drug-likeness (QED) is 0.0310. The van der Waals surface area contributed by atoms with Crippen molar-refractivity contribution in [2.24, 2.45) is 5.92 Å². The number of hydrogen-bond donors (Lipinski definition) is 0. The summed E-state index contributed by atoms with van der Waals surface area (Å²) in [5, 5.41) is 0. The molecule has 0 aromatic carbocycles. The first-order valence-corrected chi connectivity index (χ1v) is 82.5. The summed E-state index contributed by atoms with van der Waals surface area (Å²) in [6, 6.07) is 4.66. The SMILES string of the molecule is C[Si](C)(CCCOCC1CO1)C[Si]12O[Si]3(O[Si](C)(C)CCCOCC4CO4)C[Si]4(O[Si](C)(C)CCCOCC5CO5)O[Si](O[Si](C)(C)CCCOCC5CO5)(O1)O[Si]1(O[Si](C)(C)CCCOCC5CO5)O[Si](O[Si](C)(C)CCCOCC5CC5)(O4)O[Si](O[Si](C)(C)CCCOCC4CO4)(O3)O[Si](O[Si](C)(C)CCCOCC3CO3)(O2)O1. The summed E-state index contributed by atoms with van der Waals surface area (Å²) in [6.07, 6.45) is 8.04. The highest BCUT2D eigenvalue weighted by Gasteiger charge is 2.90. The molecule has 8 bridgehead atoms. The van der Waals surface area contributed by atoms with E-state index in [0.29, 0.717) is 252 Å². The van der Waals surface area contributed by atoms with E-state index in [4.69, 9.17) is 145 Å². The maximum Gasteiger partial charge on any atom is 0.651 e. The Morgan fingerprint density at radius 3 is 0.698 bits per heavy atom. The Bertz CT molecular complexity index is 2410. The van der Waals surface area contributed by atoms with Crippen molar-refractivity contribution < 1.29 is 145 Å². The molecule has 33 nitrogen and oxygen atoms in total. The van der Waals surface area contributed by atoms with Gasteiger partial charge < -0.3 is 145 Å². The first kappa shape index (κ1) is 95.7. The number of epoxide rings is 7. The summed E-state index contributed by atoms with van der Waals surface area (Å²) in [6.45, 7) is 47.4. The van der Waals surface area contributed by atoms with Crippen molar-refractivity contribution in [2.75, 3.05) is 152 Å². The summed E-state index contributed by atoms with van der Waals surface area (Å²) < 4.78 is 241. The van der Waals surface area contributed by atoms with Gasteiger partial charge in [0.05, 0.1) is 106 Å². The Labute approximate surface area is 707 Å². The normalized spacial score (nSPS) is 34.7. The predicted molar refractivity (Wildman–Crippen MR) is 458 cm³/mol. The zero-order valence-corrected chi connectivity index (χ0v) is 88.5. The maximum absolute atomic E-state index is 8.75. The summed E-state index contributed by atoms with van der Waals surface area (Å²) >= 11 is 0. The Morgan fingerprint density at radius 2 is 0.448 bits per heavy atom. The van der Waals surface area contributed by atoms with Gasteiger partial charge in [-0.2, -0.15) is 0 Å². The number of ether oxygens (including phenoxy) is 15. The van der Waals surface area contributed by atoms with Gasteiger partial charge in [-0.15, -0.1) is 0 Å². The van der Waals surface area contributed by atoms with Crippen LogP contribution in [0.4, 0.5) is 0 Å². The van der Waals surface area contributed by atoms with Crippen LogP contribution in [0.25, 0.3) is 0 Å². The monoisotopic (exact) mass is 1920 g/mol. The van der Waals surface area contributed by atoms with Gasteiger partial charge in [0.2, 0.25) is 0 Å². The third-order valence-electron chi connectivity index (χ3n) is 21.6. The van der Waals surface area contributed by atoms with Crippen LogP contribution < -0.4 is 0 Å². The molecule has 13 heterocycles. The lowest BCUT2D eigenvalue weighted by atomic mass is 10.4. The van der Waals surface area contributed by atoms with Crippen molar-refractivity contribution in [1.29, 1.82) is 0 Å². The summed E-state index contributed by atoms with van der Waals surface area (Å²) in [5.41, 5.74) is -0.0372. The molecule has 0 aromatic heterocycles. The second-order valence-corrected chi connectivity index (χ2v) is 98.4. The molecule has 14 rings (SSSR count). The van der Waals surface area contributed by atoms with E-state index in [0.717, 1.165) is 6.04 Å². The standard InChI is InChI=1S/C67H142O33Si16/c1-101(2,35-17-27-69-44-61-51-76-61)58-109-90-110(83-102(3,4)36-19-29-70-45-62-52-77-62)59-111(84-103(5,6)37-20-30-71-46-63-53-78-63)94-112(91-109,85-104(7,8)39-21-31-72-47-64-54-79-64)96-116(89-108(15,16)42-24-34-75-50-67-57-82-67)99-113(92-109,86-106(11,12)40-22-32-73-48-65-55-80-65)97-114(93-110,87-107(13,14)41-23-33-74-49-66-56-81-66)98-115(95-111,100-116)88-105(9,10)38-18-28-68-43-60-25-26-60/h60-67H,17-59H2,1-16H3. The van der Waals surface area contributed by atoms with E-state index in [9.17, 15) is 0 Å². The molecule has 0 radical (unpaired) electrons. The van der Waals surface area contributed by atoms with E-state index in [-0.39, 0.29) is 54.1 Å². The van der Waals surface area contributed by atoms with Gasteiger partial charge in [0.1, 0.15) is 42.7 Å². The molecule has 15 unspecified atom stereocenters. The van der Waals surface area contributed by atoms with E-state index in [1.54, 1.807) is 0 Å². The highest BCUT2D eigenvalue weighted by Crippen LogP contribution is 2.56. The van der Waals surface area contributed by atoms with E-state index in [2.05, 4.69) is 105 Å². The Hall–Kier alpha value is 2.15. The molecule has 672 valence electrons. The predicted octanol–water partition coefficient (Wildman–Crippen LogP) is 10.0. The first-order valence-electron chi connectivity index (χ1n) is 43.3. The Kier molecular flexibility index (Phi) is 33.2. The number of rotatable bonds is 64. The van der Waals surface area contributed by atoms with Crippen molar-refractivity contribution in [3.63, 3.8) is 0 Å². The van der Waals surface area contributed by atoms with E-state index >= 15 is 0 Å². The van der Waals surface area contributed by atoms with Gasteiger partial charge in [-0.25, -0.2) is 0 Å². The van der Waals surface area contributed by atoms with Crippen molar-refractivity contribution in [3.8, 4) is 0 Å². The van der Waals surface area contributed by atoms with Crippen molar-refractivity contribution in [2.45, 2.75) is 271 Å². The molecular weight excluding hydrogens is 1780 g/mol. The molecule has 1 saturated carbocycles. The van der Waals surface area contributed by atoms with Gasteiger partial charge in [-0.05, 0) is 204 Å². The zero-order chi connectivity index (χ0) is 82.4. The van der Waals surface area contributed by atoms with E-state index < -0.39 is 138 Å². The second kappa shape index (κ2) is 40.3. The fourth-order valence-electron chi connectivity index (χ4n) is 15.0. The zero-order valence-electron chi connectivity index (χ0n) is 72.5. The topological polar surface area (TPSA) is 328 Å². The maximum atomic E-state index is 8.75. The minimum atomic E-state index is -5.50. The van der Waals surface area contributed by atoms with Crippen molar-refractivity contribution in [1.82, 2.24) is 0 Å². The summed E-state index contributed by atoms with van der Waals surface area (Å²) in [4.78, 5) is 0. The van der Waals surface area contributed by atoms with Crippen LogP contribution in [0.1, 0.15) is 64.2 Å². The summed E-state index contributed by atoms with van der Waals surface area (Å²) in [5.74, 6) is 0.573. The van der Waals surface area contributed by atoms with Crippen molar-refractivity contribution in [3.05, 3.63) is 0 Å².